The lowest BCUT2D eigenvalue weighted by molar-refractivity contribution is 0.0697. The van der Waals surface area contributed by atoms with Crippen LogP contribution in [0.25, 0.3) is 0 Å². The fraction of sp³-hybridized carbons (Fsp3) is 0.250. The number of aromatic carboxylic acids is 1. The number of anilines is 1. The lowest BCUT2D eigenvalue weighted by atomic mass is 10.2. The monoisotopic (exact) mass is 246 g/mol. The van der Waals surface area contributed by atoms with Crippen LogP contribution < -0.4 is 5.32 Å². The predicted octanol–water partition coefficient (Wildman–Crippen LogP) is 1.48. The van der Waals surface area contributed by atoms with E-state index >= 15 is 0 Å². The van der Waals surface area contributed by atoms with Gasteiger partial charge in [0.15, 0.2) is 0 Å². The van der Waals surface area contributed by atoms with E-state index in [0.29, 0.717) is 5.82 Å². The molecule has 2 rings (SSSR count). The number of nitrogens with one attached hydrogen (secondary N) is 1. The maximum Gasteiger partial charge on any atom is 0.335 e. The SMILES string of the molecule is O=C(O)c1ccnc(NCCCn2ccnc2)c1. The van der Waals surface area contributed by atoms with E-state index in [4.69, 9.17) is 5.11 Å². The van der Waals surface area contributed by atoms with Crippen molar-refractivity contribution in [3.05, 3.63) is 42.6 Å². The smallest absolute Gasteiger partial charge is 0.335 e. The van der Waals surface area contributed by atoms with Crippen molar-refractivity contribution in [2.24, 2.45) is 0 Å². The summed E-state index contributed by atoms with van der Waals surface area (Å²) in [6.45, 7) is 1.60. The van der Waals surface area contributed by atoms with Crippen molar-refractivity contribution in [3.8, 4) is 0 Å². The zero-order chi connectivity index (χ0) is 12.8. The van der Waals surface area contributed by atoms with Gasteiger partial charge in [-0.2, -0.15) is 0 Å². The molecule has 0 amide bonds. The van der Waals surface area contributed by atoms with Crippen LogP contribution in [0.3, 0.4) is 0 Å². The molecule has 2 aromatic rings. The second-order valence-corrected chi connectivity index (χ2v) is 3.82. The molecule has 6 heteroatoms. The molecule has 18 heavy (non-hydrogen) atoms. The number of imidazole rings is 1. The minimum Gasteiger partial charge on any atom is -0.478 e. The lowest BCUT2D eigenvalue weighted by Gasteiger charge is -2.06. The highest BCUT2D eigenvalue weighted by atomic mass is 16.4. The van der Waals surface area contributed by atoms with Gasteiger partial charge in [-0.15, -0.1) is 0 Å². The Morgan fingerprint density at radius 3 is 3.06 bits per heavy atom. The molecule has 0 saturated carbocycles. The first-order chi connectivity index (χ1) is 8.75. The average Bonchev–Trinajstić information content (AvgIpc) is 2.88. The van der Waals surface area contributed by atoms with Crippen molar-refractivity contribution < 1.29 is 9.90 Å². The highest BCUT2D eigenvalue weighted by Gasteiger charge is 2.03. The Kier molecular flexibility index (Phi) is 3.90. The summed E-state index contributed by atoms with van der Waals surface area (Å²) in [5.74, 6) is -0.362. The summed E-state index contributed by atoms with van der Waals surface area (Å²) in [4.78, 5) is 18.8. The topological polar surface area (TPSA) is 80.0 Å². The zero-order valence-electron chi connectivity index (χ0n) is 9.78. The van der Waals surface area contributed by atoms with Gasteiger partial charge in [0.2, 0.25) is 0 Å². The molecule has 0 fully saturated rings. The molecule has 0 radical (unpaired) electrons. The lowest BCUT2D eigenvalue weighted by Crippen LogP contribution is -2.08. The van der Waals surface area contributed by atoms with Crippen LogP contribution in [0, 0.1) is 0 Å². The molecule has 0 unspecified atom stereocenters. The third kappa shape index (κ3) is 3.31. The second kappa shape index (κ2) is 5.81. The maximum absolute atomic E-state index is 10.8. The Bertz CT molecular complexity index is 511. The minimum atomic E-state index is -0.945. The molecule has 94 valence electrons. The van der Waals surface area contributed by atoms with Gasteiger partial charge in [-0.05, 0) is 18.6 Å². The number of aryl methyl sites for hydroxylation is 1. The highest BCUT2D eigenvalue weighted by Crippen LogP contribution is 2.06. The van der Waals surface area contributed by atoms with Crippen LogP contribution in [0.4, 0.5) is 5.82 Å². The van der Waals surface area contributed by atoms with E-state index in [1.807, 2.05) is 10.8 Å². The molecule has 0 spiro atoms. The summed E-state index contributed by atoms with van der Waals surface area (Å²) in [5.41, 5.74) is 0.238. The Labute approximate surface area is 104 Å². The largest absolute Gasteiger partial charge is 0.478 e. The van der Waals surface area contributed by atoms with Gasteiger partial charge in [0.1, 0.15) is 5.82 Å². The quantitative estimate of drug-likeness (QED) is 0.754. The standard InChI is InChI=1S/C12H14N4O2/c17-12(18)10-2-4-15-11(8-10)14-3-1-6-16-7-5-13-9-16/h2,4-5,7-9H,1,3,6H2,(H,14,15)(H,17,18). The van der Waals surface area contributed by atoms with E-state index < -0.39 is 5.97 Å². The molecule has 6 nitrogen and oxygen atoms in total. The van der Waals surface area contributed by atoms with Crippen LogP contribution in [0.1, 0.15) is 16.8 Å². The number of pyridine rings is 1. The zero-order valence-corrected chi connectivity index (χ0v) is 9.78. The van der Waals surface area contributed by atoms with Crippen molar-refractivity contribution in [1.82, 2.24) is 14.5 Å². The fourth-order valence-corrected chi connectivity index (χ4v) is 1.56. The predicted molar refractivity (Wildman–Crippen MR) is 66.5 cm³/mol. The molecule has 0 bridgehead atoms. The number of carboxylic acids is 1. The average molecular weight is 246 g/mol. The highest BCUT2D eigenvalue weighted by molar-refractivity contribution is 5.88. The van der Waals surface area contributed by atoms with Crippen LogP contribution in [0.15, 0.2) is 37.1 Å². The second-order valence-electron chi connectivity index (χ2n) is 3.82. The first kappa shape index (κ1) is 12.1. The van der Waals surface area contributed by atoms with Gasteiger partial charge in [-0.25, -0.2) is 14.8 Å². The Balaban J connectivity index is 1.79. The normalized spacial score (nSPS) is 10.2. The van der Waals surface area contributed by atoms with Crippen molar-refractivity contribution in [2.75, 3.05) is 11.9 Å². The molecule has 0 aliphatic rings. The molecule has 0 aliphatic heterocycles. The van der Waals surface area contributed by atoms with E-state index in [1.165, 1.54) is 18.3 Å². The summed E-state index contributed by atoms with van der Waals surface area (Å²) < 4.78 is 1.99. The van der Waals surface area contributed by atoms with Gasteiger partial charge in [0, 0.05) is 31.7 Å². The van der Waals surface area contributed by atoms with Crippen molar-refractivity contribution in [2.45, 2.75) is 13.0 Å². The number of carbonyl (C=O) groups is 1. The van der Waals surface area contributed by atoms with Crippen LogP contribution in [-0.4, -0.2) is 32.2 Å². The molecule has 2 aromatic heterocycles. The van der Waals surface area contributed by atoms with Gasteiger partial charge in [0.05, 0.1) is 11.9 Å². The third-order valence-electron chi connectivity index (χ3n) is 2.47. The number of carboxylic acid groups (broad SMARTS) is 1. The molecule has 2 heterocycles. The molecule has 0 saturated heterocycles. The number of hydrogen-bond donors (Lipinski definition) is 2. The first-order valence-corrected chi connectivity index (χ1v) is 5.64. The summed E-state index contributed by atoms with van der Waals surface area (Å²) >= 11 is 0. The molecular weight excluding hydrogens is 232 g/mol. The Morgan fingerprint density at radius 1 is 1.44 bits per heavy atom. The van der Waals surface area contributed by atoms with E-state index in [2.05, 4.69) is 15.3 Å². The number of aromatic nitrogens is 3. The van der Waals surface area contributed by atoms with Crippen LogP contribution >= 0.6 is 0 Å². The summed E-state index contributed by atoms with van der Waals surface area (Å²) in [6.07, 6.45) is 7.81. The molecule has 0 aliphatic carbocycles. The van der Waals surface area contributed by atoms with Gasteiger partial charge < -0.3 is 15.0 Å². The first-order valence-electron chi connectivity index (χ1n) is 5.64. The van der Waals surface area contributed by atoms with E-state index in [-0.39, 0.29) is 5.56 Å². The van der Waals surface area contributed by atoms with Crippen LogP contribution in [-0.2, 0) is 6.54 Å². The number of rotatable bonds is 6. The van der Waals surface area contributed by atoms with E-state index in [9.17, 15) is 4.79 Å². The summed E-state index contributed by atoms with van der Waals surface area (Å²) in [5, 5.41) is 11.9. The molecule has 0 aromatic carbocycles. The number of hydrogen-bond acceptors (Lipinski definition) is 4. The Hall–Kier alpha value is -2.37. The molecule has 2 N–H and O–H groups in total. The summed E-state index contributed by atoms with van der Waals surface area (Å²) in [7, 11) is 0. The van der Waals surface area contributed by atoms with E-state index in [1.54, 1.807) is 12.5 Å². The molecule has 0 atom stereocenters. The maximum atomic E-state index is 10.8. The summed E-state index contributed by atoms with van der Waals surface area (Å²) in [6, 6.07) is 3.00. The van der Waals surface area contributed by atoms with Crippen molar-refractivity contribution in [3.63, 3.8) is 0 Å². The fourth-order valence-electron chi connectivity index (χ4n) is 1.56. The van der Waals surface area contributed by atoms with Crippen molar-refractivity contribution in [1.29, 1.82) is 0 Å². The number of nitrogens with zero attached hydrogens (tertiary/aromatic N) is 3. The van der Waals surface area contributed by atoms with Gasteiger partial charge >= 0.3 is 5.97 Å². The van der Waals surface area contributed by atoms with E-state index in [0.717, 1.165) is 19.5 Å². The van der Waals surface area contributed by atoms with Crippen LogP contribution in [0.5, 0.6) is 0 Å². The Morgan fingerprint density at radius 2 is 2.33 bits per heavy atom. The van der Waals surface area contributed by atoms with Crippen LogP contribution in [0.2, 0.25) is 0 Å². The van der Waals surface area contributed by atoms with Gasteiger partial charge in [-0.1, -0.05) is 0 Å². The molecular formula is C12H14N4O2. The third-order valence-corrected chi connectivity index (χ3v) is 2.47. The minimum absolute atomic E-state index is 0.238. The van der Waals surface area contributed by atoms with Crippen molar-refractivity contribution >= 4 is 11.8 Å². The van der Waals surface area contributed by atoms with Gasteiger partial charge in [-0.3, -0.25) is 0 Å². The van der Waals surface area contributed by atoms with Gasteiger partial charge in [0.25, 0.3) is 0 Å².